The fourth-order valence-electron chi connectivity index (χ4n) is 3.83. The van der Waals surface area contributed by atoms with Gasteiger partial charge in [-0.2, -0.15) is 5.10 Å². The summed E-state index contributed by atoms with van der Waals surface area (Å²) < 4.78 is 6.41. The molecule has 0 aromatic carbocycles. The molecule has 0 spiro atoms. The molecular weight excluding hydrogens is 374 g/mol. The zero-order valence-corrected chi connectivity index (χ0v) is 17.3. The number of piperidine rings is 1. The number of aromatic nitrogens is 4. The maximum Gasteiger partial charge on any atom is 0.308 e. The second-order valence-electron chi connectivity index (χ2n) is 7.45. The van der Waals surface area contributed by atoms with Gasteiger partial charge < -0.3 is 9.64 Å². The average Bonchev–Trinajstić information content (AvgIpc) is 2.98. The SMILES string of the molecule is COC(=O)C1CCN(C(=O)CCc2c(C)nn(-c3nc(C)cc(=O)[nH]3)c2C)CC1. The Morgan fingerprint density at radius 3 is 2.55 bits per heavy atom. The number of nitrogens with one attached hydrogen (secondary N) is 1. The van der Waals surface area contributed by atoms with Crippen molar-refractivity contribution in [3.63, 3.8) is 0 Å². The standard InChI is InChI=1S/C20H27N5O4/c1-12-11-17(26)22-20(21-12)25-14(3)16(13(2)23-25)5-6-18(27)24-9-7-15(8-10-24)19(28)29-4/h11,15H,5-10H2,1-4H3,(H,21,22,26). The molecule has 0 bridgehead atoms. The van der Waals surface area contributed by atoms with Crippen LogP contribution in [0.3, 0.4) is 0 Å². The van der Waals surface area contributed by atoms with E-state index in [1.54, 1.807) is 11.6 Å². The first-order valence-electron chi connectivity index (χ1n) is 9.79. The molecule has 156 valence electrons. The molecule has 29 heavy (non-hydrogen) atoms. The molecule has 1 aliphatic rings. The number of H-pyrrole nitrogens is 1. The molecule has 1 fully saturated rings. The lowest BCUT2D eigenvalue weighted by atomic mass is 9.96. The smallest absolute Gasteiger partial charge is 0.308 e. The molecule has 1 saturated heterocycles. The highest BCUT2D eigenvalue weighted by Gasteiger charge is 2.28. The van der Waals surface area contributed by atoms with Crippen molar-refractivity contribution in [1.82, 2.24) is 24.6 Å². The molecule has 0 radical (unpaired) electrons. The van der Waals surface area contributed by atoms with Gasteiger partial charge in [-0.25, -0.2) is 9.67 Å². The lowest BCUT2D eigenvalue weighted by Gasteiger charge is -2.30. The van der Waals surface area contributed by atoms with Crippen molar-refractivity contribution in [2.24, 2.45) is 5.92 Å². The van der Waals surface area contributed by atoms with Gasteiger partial charge in [0.1, 0.15) is 0 Å². The van der Waals surface area contributed by atoms with Crippen LogP contribution in [0.1, 0.15) is 41.9 Å². The molecule has 1 amide bonds. The van der Waals surface area contributed by atoms with Crippen molar-refractivity contribution in [2.75, 3.05) is 20.2 Å². The van der Waals surface area contributed by atoms with Crippen LogP contribution >= 0.6 is 0 Å². The number of likely N-dealkylation sites (tertiary alicyclic amines) is 1. The van der Waals surface area contributed by atoms with Gasteiger partial charge in [0.15, 0.2) is 0 Å². The summed E-state index contributed by atoms with van der Waals surface area (Å²) in [7, 11) is 1.40. The summed E-state index contributed by atoms with van der Waals surface area (Å²) in [5.41, 5.74) is 3.03. The number of rotatable bonds is 5. The zero-order chi connectivity index (χ0) is 21.1. The highest BCUT2D eigenvalue weighted by Crippen LogP contribution is 2.21. The number of hydrogen-bond acceptors (Lipinski definition) is 6. The predicted octanol–water partition coefficient (Wildman–Crippen LogP) is 1.23. The fraction of sp³-hybridized carbons (Fsp3) is 0.550. The van der Waals surface area contributed by atoms with Gasteiger partial charge in [0, 0.05) is 37.0 Å². The molecule has 3 rings (SSSR count). The van der Waals surface area contributed by atoms with Crippen molar-refractivity contribution >= 4 is 11.9 Å². The molecular formula is C20H27N5O4. The third kappa shape index (κ3) is 4.55. The maximum absolute atomic E-state index is 12.6. The Morgan fingerprint density at radius 2 is 1.93 bits per heavy atom. The first-order chi connectivity index (χ1) is 13.8. The van der Waals surface area contributed by atoms with Crippen LogP contribution in [0.4, 0.5) is 0 Å². The molecule has 2 aromatic rings. The number of nitrogens with zero attached hydrogens (tertiary/aromatic N) is 4. The fourth-order valence-corrected chi connectivity index (χ4v) is 3.83. The molecule has 9 nitrogen and oxygen atoms in total. The number of amides is 1. The van der Waals surface area contributed by atoms with Crippen LogP contribution in [-0.2, 0) is 20.7 Å². The van der Waals surface area contributed by atoms with Crippen LogP contribution < -0.4 is 5.56 Å². The van der Waals surface area contributed by atoms with E-state index < -0.39 is 0 Å². The Labute approximate surface area is 169 Å². The third-order valence-electron chi connectivity index (χ3n) is 5.47. The van der Waals surface area contributed by atoms with Crippen LogP contribution in [0, 0.1) is 26.7 Å². The Balaban J connectivity index is 1.66. The number of aryl methyl sites for hydroxylation is 2. The molecule has 0 unspecified atom stereocenters. The minimum absolute atomic E-state index is 0.0713. The van der Waals surface area contributed by atoms with Crippen molar-refractivity contribution in [2.45, 2.75) is 46.5 Å². The third-order valence-corrected chi connectivity index (χ3v) is 5.47. The van der Waals surface area contributed by atoms with Gasteiger partial charge in [-0.05, 0) is 45.6 Å². The Bertz CT molecular complexity index is 970. The van der Waals surface area contributed by atoms with E-state index in [0.717, 1.165) is 17.0 Å². The lowest BCUT2D eigenvalue weighted by molar-refractivity contribution is -0.148. The molecule has 1 N–H and O–H groups in total. The highest BCUT2D eigenvalue weighted by molar-refractivity contribution is 5.77. The first-order valence-corrected chi connectivity index (χ1v) is 9.79. The number of aromatic amines is 1. The van der Waals surface area contributed by atoms with Gasteiger partial charge in [0.05, 0.1) is 18.7 Å². The van der Waals surface area contributed by atoms with Crippen molar-refractivity contribution in [1.29, 1.82) is 0 Å². The van der Waals surface area contributed by atoms with E-state index in [0.29, 0.717) is 50.4 Å². The molecule has 2 aromatic heterocycles. The van der Waals surface area contributed by atoms with E-state index >= 15 is 0 Å². The van der Waals surface area contributed by atoms with E-state index in [1.807, 2.05) is 18.7 Å². The normalized spacial score (nSPS) is 14.8. The predicted molar refractivity (Wildman–Crippen MR) is 106 cm³/mol. The van der Waals surface area contributed by atoms with Crippen LogP contribution in [0.25, 0.3) is 5.95 Å². The number of hydrogen-bond donors (Lipinski definition) is 1. The van der Waals surface area contributed by atoms with Gasteiger partial charge in [0.25, 0.3) is 5.56 Å². The van der Waals surface area contributed by atoms with Gasteiger partial charge in [-0.15, -0.1) is 0 Å². The monoisotopic (exact) mass is 401 g/mol. The maximum atomic E-state index is 12.6. The van der Waals surface area contributed by atoms with E-state index in [9.17, 15) is 14.4 Å². The second kappa shape index (κ2) is 8.59. The molecule has 0 aliphatic carbocycles. The van der Waals surface area contributed by atoms with Gasteiger partial charge in [-0.3, -0.25) is 19.4 Å². The topological polar surface area (TPSA) is 110 Å². The summed E-state index contributed by atoms with van der Waals surface area (Å²) in [6, 6.07) is 1.43. The second-order valence-corrected chi connectivity index (χ2v) is 7.45. The molecule has 3 heterocycles. The van der Waals surface area contributed by atoms with Gasteiger partial charge in [0.2, 0.25) is 11.9 Å². The Kier molecular flexibility index (Phi) is 6.14. The van der Waals surface area contributed by atoms with Crippen LogP contribution in [0.5, 0.6) is 0 Å². The summed E-state index contributed by atoms with van der Waals surface area (Å²) in [5.74, 6) is 0.134. The summed E-state index contributed by atoms with van der Waals surface area (Å²) in [6.07, 6.45) is 2.21. The van der Waals surface area contributed by atoms with Crippen molar-refractivity contribution in [3.05, 3.63) is 39.1 Å². The largest absolute Gasteiger partial charge is 0.469 e. The Hall–Kier alpha value is -2.97. The van der Waals surface area contributed by atoms with Crippen molar-refractivity contribution in [3.8, 4) is 5.95 Å². The van der Waals surface area contributed by atoms with Crippen LogP contribution in [0.15, 0.2) is 10.9 Å². The molecule has 9 heteroatoms. The minimum atomic E-state index is -0.230. The van der Waals surface area contributed by atoms with E-state index in [2.05, 4.69) is 15.1 Å². The van der Waals surface area contributed by atoms with E-state index in [1.165, 1.54) is 13.2 Å². The summed E-state index contributed by atoms with van der Waals surface area (Å²) in [5, 5.41) is 4.50. The van der Waals surface area contributed by atoms with E-state index in [-0.39, 0.29) is 23.4 Å². The minimum Gasteiger partial charge on any atom is -0.469 e. The Morgan fingerprint density at radius 1 is 1.24 bits per heavy atom. The lowest BCUT2D eigenvalue weighted by Crippen LogP contribution is -2.40. The van der Waals surface area contributed by atoms with Crippen LogP contribution in [-0.4, -0.2) is 56.7 Å². The van der Waals surface area contributed by atoms with Crippen LogP contribution in [0.2, 0.25) is 0 Å². The van der Waals surface area contributed by atoms with Gasteiger partial charge in [-0.1, -0.05) is 0 Å². The van der Waals surface area contributed by atoms with Crippen molar-refractivity contribution < 1.29 is 14.3 Å². The average molecular weight is 401 g/mol. The summed E-state index contributed by atoms with van der Waals surface area (Å²) in [6.45, 7) is 6.70. The molecule has 0 atom stereocenters. The quantitative estimate of drug-likeness (QED) is 0.755. The summed E-state index contributed by atoms with van der Waals surface area (Å²) >= 11 is 0. The number of carbonyl (C=O) groups excluding carboxylic acids is 2. The first kappa shape index (κ1) is 20.8. The number of methoxy groups -OCH3 is 1. The van der Waals surface area contributed by atoms with Gasteiger partial charge >= 0.3 is 5.97 Å². The zero-order valence-electron chi connectivity index (χ0n) is 17.3. The summed E-state index contributed by atoms with van der Waals surface area (Å²) in [4.78, 5) is 44.9. The van der Waals surface area contributed by atoms with E-state index in [4.69, 9.17) is 4.74 Å². The highest BCUT2D eigenvalue weighted by atomic mass is 16.5. The number of esters is 1. The number of carbonyl (C=O) groups is 2. The molecule has 1 aliphatic heterocycles. The molecule has 0 saturated carbocycles. The number of ether oxygens (including phenoxy) is 1.